The zero-order valence-electron chi connectivity index (χ0n) is 5.46. The molecule has 0 aliphatic carbocycles. The van der Waals surface area contributed by atoms with Gasteiger partial charge >= 0.3 is 6.09 Å². The van der Waals surface area contributed by atoms with E-state index in [1.165, 1.54) is 6.08 Å². The van der Waals surface area contributed by atoms with E-state index in [9.17, 15) is 9.59 Å². The molecule has 0 heterocycles. The molecule has 0 aliphatic heterocycles. The van der Waals surface area contributed by atoms with E-state index in [2.05, 4.69) is 11.9 Å². The molecule has 0 aliphatic rings. The lowest BCUT2D eigenvalue weighted by Gasteiger charge is -1.95. The van der Waals surface area contributed by atoms with Gasteiger partial charge in [-0.15, -0.1) is 0 Å². The Morgan fingerprint density at radius 3 is 2.60 bits per heavy atom. The number of carbonyl (C=O) groups excluding carboxylic acids is 1. The van der Waals surface area contributed by atoms with E-state index < -0.39 is 6.09 Å². The lowest BCUT2D eigenvalue weighted by molar-refractivity contribution is -0.114. The van der Waals surface area contributed by atoms with E-state index in [4.69, 9.17) is 5.11 Å². The molecule has 2 N–H and O–H groups in total. The molecule has 10 heavy (non-hydrogen) atoms. The highest BCUT2D eigenvalue weighted by Gasteiger charge is 1.96. The number of allylic oxidation sites excluding steroid dienone is 1. The first-order chi connectivity index (χ1) is 4.66. The number of carboxylic acid groups (broad SMARTS) is 1. The van der Waals surface area contributed by atoms with Gasteiger partial charge in [0.2, 0.25) is 0 Å². The summed E-state index contributed by atoms with van der Waals surface area (Å²) in [4.78, 5) is 20.3. The average Bonchev–Trinajstić information content (AvgIpc) is 1.87. The maximum Gasteiger partial charge on any atom is 0.404 e. The number of carbonyl (C=O) groups is 2. The van der Waals surface area contributed by atoms with Crippen molar-refractivity contribution in [2.75, 3.05) is 6.54 Å². The van der Waals surface area contributed by atoms with E-state index >= 15 is 0 Å². The fourth-order valence-electron chi connectivity index (χ4n) is 0.395. The lowest BCUT2D eigenvalue weighted by Crippen LogP contribution is -2.23. The zero-order valence-corrected chi connectivity index (χ0v) is 5.46. The van der Waals surface area contributed by atoms with E-state index in [0.717, 1.165) is 0 Å². The second-order valence-electron chi connectivity index (χ2n) is 1.65. The van der Waals surface area contributed by atoms with Crippen LogP contribution in [0, 0.1) is 0 Å². The van der Waals surface area contributed by atoms with Crippen LogP contribution >= 0.6 is 0 Å². The van der Waals surface area contributed by atoms with Gasteiger partial charge in [-0.3, -0.25) is 4.79 Å². The summed E-state index contributed by atoms with van der Waals surface area (Å²) in [7, 11) is 0. The first-order valence-corrected chi connectivity index (χ1v) is 2.79. The van der Waals surface area contributed by atoms with Gasteiger partial charge in [-0.1, -0.05) is 6.58 Å². The smallest absolute Gasteiger partial charge is 0.404 e. The van der Waals surface area contributed by atoms with Crippen molar-refractivity contribution in [1.82, 2.24) is 5.32 Å². The molecule has 0 saturated carbocycles. The third-order valence-electron chi connectivity index (χ3n) is 0.875. The van der Waals surface area contributed by atoms with Crippen LogP contribution in [-0.2, 0) is 4.79 Å². The lowest BCUT2D eigenvalue weighted by atomic mass is 10.3. The van der Waals surface area contributed by atoms with Crippen molar-refractivity contribution in [3.63, 3.8) is 0 Å². The SMILES string of the molecule is C=CC(=O)CCNC(=O)O. The summed E-state index contributed by atoms with van der Waals surface area (Å²) >= 11 is 0. The molecule has 0 bridgehead atoms. The van der Waals surface area contributed by atoms with Crippen LogP contribution in [0.5, 0.6) is 0 Å². The molecule has 0 radical (unpaired) electrons. The van der Waals surface area contributed by atoms with Crippen molar-refractivity contribution in [1.29, 1.82) is 0 Å². The van der Waals surface area contributed by atoms with E-state index in [1.54, 1.807) is 0 Å². The van der Waals surface area contributed by atoms with Gasteiger partial charge in [0.15, 0.2) is 5.78 Å². The maximum atomic E-state index is 10.4. The summed E-state index contributed by atoms with van der Waals surface area (Å²) in [6, 6.07) is 0. The first-order valence-electron chi connectivity index (χ1n) is 2.79. The predicted octanol–water partition coefficient (Wildman–Crippen LogP) is 0.399. The van der Waals surface area contributed by atoms with E-state index in [0.29, 0.717) is 0 Å². The zero-order chi connectivity index (χ0) is 7.98. The topological polar surface area (TPSA) is 66.4 Å². The van der Waals surface area contributed by atoms with Crippen LogP contribution in [0.15, 0.2) is 12.7 Å². The monoisotopic (exact) mass is 143 g/mol. The molecule has 0 unspecified atom stereocenters. The largest absolute Gasteiger partial charge is 0.465 e. The van der Waals surface area contributed by atoms with Gasteiger partial charge in [-0.25, -0.2) is 4.79 Å². The minimum atomic E-state index is -1.11. The quantitative estimate of drug-likeness (QED) is 0.560. The highest BCUT2D eigenvalue weighted by Crippen LogP contribution is 1.80. The summed E-state index contributed by atoms with van der Waals surface area (Å²) in [6.07, 6.45) is 0.233. The van der Waals surface area contributed by atoms with E-state index in [1.807, 2.05) is 0 Å². The van der Waals surface area contributed by atoms with Gasteiger partial charge in [0.25, 0.3) is 0 Å². The Labute approximate surface area is 58.5 Å². The molecular formula is C6H9NO3. The molecule has 0 saturated heterocycles. The summed E-state index contributed by atoms with van der Waals surface area (Å²) in [5.74, 6) is -0.159. The van der Waals surface area contributed by atoms with Crippen molar-refractivity contribution < 1.29 is 14.7 Å². The Balaban J connectivity index is 3.28. The highest BCUT2D eigenvalue weighted by atomic mass is 16.4. The molecule has 56 valence electrons. The van der Waals surface area contributed by atoms with Crippen molar-refractivity contribution in [3.8, 4) is 0 Å². The van der Waals surface area contributed by atoms with Gasteiger partial charge in [-0.2, -0.15) is 0 Å². The number of ketones is 1. The first kappa shape index (κ1) is 8.68. The second-order valence-corrected chi connectivity index (χ2v) is 1.65. The Morgan fingerprint density at radius 1 is 1.60 bits per heavy atom. The molecule has 0 aromatic heterocycles. The fourth-order valence-corrected chi connectivity index (χ4v) is 0.395. The molecular weight excluding hydrogens is 134 g/mol. The second kappa shape index (κ2) is 4.55. The van der Waals surface area contributed by atoms with Crippen LogP contribution in [0.25, 0.3) is 0 Å². The number of hydrogen-bond donors (Lipinski definition) is 2. The van der Waals surface area contributed by atoms with Crippen molar-refractivity contribution in [2.24, 2.45) is 0 Å². The summed E-state index contributed by atoms with van der Waals surface area (Å²) in [6.45, 7) is 3.39. The summed E-state index contributed by atoms with van der Waals surface area (Å²) in [5.41, 5.74) is 0. The fraction of sp³-hybridized carbons (Fsp3) is 0.333. The minimum absolute atomic E-state index is 0.153. The van der Waals surface area contributed by atoms with Crippen molar-refractivity contribution in [3.05, 3.63) is 12.7 Å². The molecule has 0 atom stereocenters. The van der Waals surface area contributed by atoms with Gasteiger partial charge < -0.3 is 10.4 Å². The van der Waals surface area contributed by atoms with Crippen molar-refractivity contribution in [2.45, 2.75) is 6.42 Å². The third kappa shape index (κ3) is 4.83. The minimum Gasteiger partial charge on any atom is -0.465 e. The molecule has 4 nitrogen and oxygen atoms in total. The van der Waals surface area contributed by atoms with Crippen LogP contribution in [0.3, 0.4) is 0 Å². The van der Waals surface area contributed by atoms with Crippen LogP contribution in [-0.4, -0.2) is 23.5 Å². The molecule has 1 amide bonds. The van der Waals surface area contributed by atoms with Crippen molar-refractivity contribution >= 4 is 11.9 Å². The van der Waals surface area contributed by atoms with Crippen LogP contribution < -0.4 is 5.32 Å². The summed E-state index contributed by atoms with van der Waals surface area (Å²) < 4.78 is 0. The number of amides is 1. The number of rotatable bonds is 4. The average molecular weight is 143 g/mol. The number of hydrogen-bond acceptors (Lipinski definition) is 2. The standard InChI is InChI=1S/C6H9NO3/c1-2-5(8)3-4-7-6(9)10/h2,7H,1,3-4H2,(H,9,10). The molecule has 0 fully saturated rings. The molecule has 4 heteroatoms. The molecule has 0 aromatic rings. The highest BCUT2D eigenvalue weighted by molar-refractivity contribution is 5.89. The third-order valence-corrected chi connectivity index (χ3v) is 0.875. The molecule has 0 rings (SSSR count). The Hall–Kier alpha value is -1.32. The maximum absolute atomic E-state index is 10.4. The van der Waals surface area contributed by atoms with Gasteiger partial charge in [0, 0.05) is 13.0 Å². The predicted molar refractivity (Wildman–Crippen MR) is 35.8 cm³/mol. The van der Waals surface area contributed by atoms with Gasteiger partial charge in [-0.05, 0) is 6.08 Å². The Bertz CT molecular complexity index is 153. The normalized spacial score (nSPS) is 8.40. The van der Waals surface area contributed by atoms with Crippen LogP contribution in [0.4, 0.5) is 4.79 Å². The van der Waals surface area contributed by atoms with Gasteiger partial charge in [0.1, 0.15) is 0 Å². The Kier molecular flexibility index (Phi) is 3.95. The Morgan fingerprint density at radius 2 is 2.20 bits per heavy atom. The van der Waals surface area contributed by atoms with Gasteiger partial charge in [0.05, 0.1) is 0 Å². The van der Waals surface area contributed by atoms with E-state index in [-0.39, 0.29) is 18.7 Å². The molecule has 0 aromatic carbocycles. The van der Waals surface area contributed by atoms with Crippen LogP contribution in [0.1, 0.15) is 6.42 Å². The molecule has 0 spiro atoms. The summed E-state index contributed by atoms with van der Waals surface area (Å²) in [5, 5.41) is 10.1. The van der Waals surface area contributed by atoms with Crippen LogP contribution in [0.2, 0.25) is 0 Å². The number of nitrogens with one attached hydrogen (secondary N) is 1.